The monoisotopic (exact) mass is 799 g/mol. The Labute approximate surface area is 367 Å². The first kappa shape index (κ1) is 36.6. The molecular formula is C62H41N. The lowest BCUT2D eigenvalue weighted by Crippen LogP contribution is -2.10. The van der Waals surface area contributed by atoms with Gasteiger partial charge in [-0.1, -0.05) is 200 Å². The maximum atomic E-state index is 2.39. The lowest BCUT2D eigenvalue weighted by Gasteiger charge is -2.26. The van der Waals surface area contributed by atoms with E-state index in [4.69, 9.17) is 0 Å². The largest absolute Gasteiger partial charge is 0.310 e. The number of anilines is 3. The van der Waals surface area contributed by atoms with Crippen LogP contribution < -0.4 is 4.90 Å². The first-order chi connectivity index (χ1) is 31.2. The molecule has 0 aromatic heterocycles. The molecule has 294 valence electrons. The van der Waals surface area contributed by atoms with Gasteiger partial charge in [-0.05, 0) is 147 Å². The summed E-state index contributed by atoms with van der Waals surface area (Å²) in [6.45, 7) is 0. The summed E-state index contributed by atoms with van der Waals surface area (Å²) >= 11 is 0. The van der Waals surface area contributed by atoms with Crippen LogP contribution in [0.4, 0.5) is 17.1 Å². The zero-order chi connectivity index (χ0) is 41.7. The normalized spacial score (nSPS) is 11.5. The average Bonchev–Trinajstić information content (AvgIpc) is 3.36. The molecule has 0 amide bonds. The van der Waals surface area contributed by atoms with E-state index in [0.29, 0.717) is 0 Å². The van der Waals surface area contributed by atoms with Gasteiger partial charge in [0.1, 0.15) is 0 Å². The lowest BCUT2D eigenvalue weighted by molar-refractivity contribution is 1.28. The van der Waals surface area contributed by atoms with E-state index in [2.05, 4.69) is 254 Å². The predicted molar refractivity (Wildman–Crippen MR) is 270 cm³/mol. The molecule has 12 aromatic carbocycles. The summed E-state index contributed by atoms with van der Waals surface area (Å²) in [4.78, 5) is 2.39. The fourth-order valence-corrected chi connectivity index (χ4v) is 9.66. The highest BCUT2D eigenvalue weighted by atomic mass is 15.1. The highest BCUT2D eigenvalue weighted by Gasteiger charge is 2.17. The molecular weight excluding hydrogens is 759 g/mol. The Hall–Kier alpha value is -8.26. The second kappa shape index (κ2) is 15.3. The van der Waals surface area contributed by atoms with Crippen LogP contribution in [-0.4, -0.2) is 0 Å². The van der Waals surface area contributed by atoms with Crippen molar-refractivity contribution in [3.63, 3.8) is 0 Å². The maximum absolute atomic E-state index is 2.39. The summed E-state index contributed by atoms with van der Waals surface area (Å²) < 4.78 is 0. The molecule has 1 heteroatoms. The molecule has 0 spiro atoms. The zero-order valence-corrected chi connectivity index (χ0v) is 34.6. The van der Waals surface area contributed by atoms with E-state index in [0.717, 1.165) is 17.1 Å². The topological polar surface area (TPSA) is 3.24 Å². The van der Waals surface area contributed by atoms with Crippen LogP contribution in [-0.2, 0) is 0 Å². The van der Waals surface area contributed by atoms with E-state index in [1.807, 2.05) is 0 Å². The summed E-state index contributed by atoms with van der Waals surface area (Å²) in [6.07, 6.45) is 0. The van der Waals surface area contributed by atoms with Crippen molar-refractivity contribution in [1.82, 2.24) is 0 Å². The van der Waals surface area contributed by atoms with Crippen LogP contribution >= 0.6 is 0 Å². The van der Waals surface area contributed by atoms with E-state index in [1.165, 1.54) is 98.4 Å². The standard InChI is InChI=1S/C62H41N/c1-2-13-48-39-49(28-27-42(48)11-1)45-25-23-43(24-26-45)44-29-34-52(35-30-44)63(53-36-31-47(32-37-53)62-41-51-14-4-6-18-56(51)58-19-7-8-20-60(58)62)54-16-9-15-50(40-54)57-21-10-22-59-55-17-5-3-12-46(55)33-38-61(57)59/h1-41H. The second-order valence-electron chi connectivity index (χ2n) is 16.5. The van der Waals surface area contributed by atoms with Gasteiger partial charge in [-0.3, -0.25) is 0 Å². The van der Waals surface area contributed by atoms with Gasteiger partial charge in [-0.15, -0.1) is 0 Å². The molecule has 0 atom stereocenters. The van der Waals surface area contributed by atoms with Crippen LogP contribution in [0.1, 0.15) is 0 Å². The summed E-state index contributed by atoms with van der Waals surface area (Å²) in [5, 5.41) is 12.6. The molecule has 0 radical (unpaired) electrons. The van der Waals surface area contributed by atoms with Crippen molar-refractivity contribution in [2.75, 3.05) is 4.90 Å². The molecule has 0 saturated carbocycles. The van der Waals surface area contributed by atoms with Crippen LogP contribution in [0.2, 0.25) is 0 Å². The van der Waals surface area contributed by atoms with Crippen LogP contribution in [0.3, 0.4) is 0 Å². The number of nitrogens with zero attached hydrogens (tertiary/aromatic N) is 1. The highest BCUT2D eigenvalue weighted by Crippen LogP contribution is 2.42. The minimum absolute atomic E-state index is 1.09. The third-order valence-electron chi connectivity index (χ3n) is 12.8. The summed E-state index contributed by atoms with van der Waals surface area (Å²) in [7, 11) is 0. The van der Waals surface area contributed by atoms with Gasteiger partial charge in [0.2, 0.25) is 0 Å². The summed E-state index contributed by atoms with van der Waals surface area (Å²) in [5.41, 5.74) is 12.9. The van der Waals surface area contributed by atoms with E-state index < -0.39 is 0 Å². The van der Waals surface area contributed by atoms with Gasteiger partial charge >= 0.3 is 0 Å². The Balaban J connectivity index is 0.941. The molecule has 0 bridgehead atoms. The Kier molecular flexibility index (Phi) is 8.90. The van der Waals surface area contributed by atoms with Gasteiger partial charge in [-0.2, -0.15) is 0 Å². The van der Waals surface area contributed by atoms with E-state index in [1.54, 1.807) is 0 Å². The third-order valence-corrected chi connectivity index (χ3v) is 12.8. The first-order valence-corrected chi connectivity index (χ1v) is 21.7. The molecule has 0 aliphatic heterocycles. The molecule has 12 aromatic rings. The van der Waals surface area contributed by atoms with Crippen molar-refractivity contribution in [1.29, 1.82) is 0 Å². The number of rotatable bonds is 7. The highest BCUT2D eigenvalue weighted by molar-refractivity contribution is 6.14. The SMILES string of the molecule is c1cc(-c2cccc3c2ccc2ccccc23)cc(N(c2ccc(-c3ccc(-c4ccc5ccccc5c4)cc3)cc2)c2ccc(-c3cc4ccccc4c4ccccc34)cc2)c1. The van der Waals surface area contributed by atoms with Gasteiger partial charge in [0, 0.05) is 17.1 Å². The van der Waals surface area contributed by atoms with Crippen LogP contribution in [0.5, 0.6) is 0 Å². The Morgan fingerprint density at radius 3 is 1.38 bits per heavy atom. The third kappa shape index (κ3) is 6.59. The van der Waals surface area contributed by atoms with Crippen molar-refractivity contribution in [2.45, 2.75) is 0 Å². The Morgan fingerprint density at radius 2 is 0.667 bits per heavy atom. The molecule has 12 rings (SSSR count). The first-order valence-electron chi connectivity index (χ1n) is 21.7. The molecule has 1 nitrogen and oxygen atoms in total. The summed E-state index contributed by atoms with van der Waals surface area (Å²) in [6, 6.07) is 91.0. The van der Waals surface area contributed by atoms with Gasteiger partial charge < -0.3 is 4.90 Å². The van der Waals surface area contributed by atoms with Gasteiger partial charge in [-0.25, -0.2) is 0 Å². The smallest absolute Gasteiger partial charge is 0.0467 e. The van der Waals surface area contributed by atoms with Gasteiger partial charge in [0.25, 0.3) is 0 Å². The molecule has 0 fully saturated rings. The van der Waals surface area contributed by atoms with Crippen LogP contribution in [0, 0.1) is 0 Å². The minimum Gasteiger partial charge on any atom is -0.310 e. The van der Waals surface area contributed by atoms with Crippen molar-refractivity contribution < 1.29 is 0 Å². The minimum atomic E-state index is 1.09. The average molecular weight is 800 g/mol. The zero-order valence-electron chi connectivity index (χ0n) is 34.6. The Bertz CT molecular complexity index is 3660. The second-order valence-corrected chi connectivity index (χ2v) is 16.5. The fraction of sp³-hybridized carbons (Fsp3) is 0. The molecule has 0 aliphatic rings. The number of hydrogen-bond donors (Lipinski definition) is 0. The maximum Gasteiger partial charge on any atom is 0.0467 e. The van der Waals surface area contributed by atoms with Crippen LogP contribution in [0.25, 0.3) is 98.4 Å². The van der Waals surface area contributed by atoms with Crippen molar-refractivity contribution in [3.05, 3.63) is 249 Å². The van der Waals surface area contributed by atoms with Crippen molar-refractivity contribution in [3.8, 4) is 44.5 Å². The molecule has 0 N–H and O–H groups in total. The van der Waals surface area contributed by atoms with E-state index >= 15 is 0 Å². The molecule has 0 unspecified atom stereocenters. The lowest BCUT2D eigenvalue weighted by atomic mass is 9.93. The van der Waals surface area contributed by atoms with Gasteiger partial charge in [0.15, 0.2) is 0 Å². The van der Waals surface area contributed by atoms with Crippen LogP contribution in [0.15, 0.2) is 249 Å². The quantitative estimate of drug-likeness (QED) is 0.145. The number of fused-ring (bicyclic) bond motifs is 7. The molecule has 0 heterocycles. The van der Waals surface area contributed by atoms with Crippen molar-refractivity contribution in [2.24, 2.45) is 0 Å². The number of hydrogen-bond acceptors (Lipinski definition) is 1. The summed E-state index contributed by atoms with van der Waals surface area (Å²) in [5.74, 6) is 0. The fourth-order valence-electron chi connectivity index (χ4n) is 9.66. The van der Waals surface area contributed by atoms with E-state index in [-0.39, 0.29) is 0 Å². The number of benzene rings is 12. The predicted octanol–water partition coefficient (Wildman–Crippen LogP) is 17.6. The van der Waals surface area contributed by atoms with Crippen molar-refractivity contribution >= 4 is 70.9 Å². The molecule has 0 aliphatic carbocycles. The van der Waals surface area contributed by atoms with Gasteiger partial charge in [0.05, 0.1) is 0 Å². The van der Waals surface area contributed by atoms with E-state index in [9.17, 15) is 0 Å². The Morgan fingerprint density at radius 1 is 0.190 bits per heavy atom. The molecule has 63 heavy (non-hydrogen) atoms. The molecule has 0 saturated heterocycles.